The van der Waals surface area contributed by atoms with Gasteiger partial charge in [-0.15, -0.1) is 5.10 Å². The number of hydrogen-bond acceptors (Lipinski definition) is 5. The van der Waals surface area contributed by atoms with Crippen LogP contribution < -0.4 is 10.9 Å². The Labute approximate surface area is 157 Å². The molecule has 1 N–H and O–H groups in total. The summed E-state index contributed by atoms with van der Waals surface area (Å²) in [5.41, 5.74) is 2.01. The first-order valence-corrected chi connectivity index (χ1v) is 9.04. The third-order valence-corrected chi connectivity index (χ3v) is 4.43. The molecule has 3 aromatic rings. The van der Waals surface area contributed by atoms with Gasteiger partial charge < -0.3 is 5.32 Å². The van der Waals surface area contributed by atoms with Crippen molar-refractivity contribution in [1.82, 2.24) is 19.9 Å². The van der Waals surface area contributed by atoms with Gasteiger partial charge in [0.15, 0.2) is 0 Å². The molecule has 0 aliphatic carbocycles. The van der Waals surface area contributed by atoms with Crippen LogP contribution in [-0.4, -0.2) is 38.9 Å². The molecule has 3 rings (SSSR count). The first-order valence-electron chi connectivity index (χ1n) is 9.04. The highest BCUT2D eigenvalue weighted by Gasteiger charge is 2.10. The summed E-state index contributed by atoms with van der Waals surface area (Å²) in [6, 6.07) is 14.7. The van der Waals surface area contributed by atoms with E-state index in [0.717, 1.165) is 29.9 Å². The van der Waals surface area contributed by atoms with Crippen molar-refractivity contribution in [3.8, 4) is 0 Å². The van der Waals surface area contributed by atoms with Crippen molar-refractivity contribution in [1.29, 1.82) is 0 Å². The quantitative estimate of drug-likeness (QED) is 0.695. The van der Waals surface area contributed by atoms with Crippen molar-refractivity contribution < 1.29 is 4.79 Å². The molecule has 0 radical (unpaired) electrons. The fraction of sp³-hybridized carbons (Fsp3) is 0.300. The molecular weight excluding hydrogens is 342 g/mol. The zero-order valence-corrected chi connectivity index (χ0v) is 15.6. The summed E-state index contributed by atoms with van der Waals surface area (Å²) in [4.78, 5) is 27.1. The van der Waals surface area contributed by atoms with Crippen LogP contribution in [0.2, 0.25) is 0 Å². The Balaban J connectivity index is 1.71. The van der Waals surface area contributed by atoms with Crippen molar-refractivity contribution in [2.75, 3.05) is 18.4 Å². The maximum atomic E-state index is 12.4. The van der Waals surface area contributed by atoms with Crippen LogP contribution in [0.25, 0.3) is 10.9 Å². The van der Waals surface area contributed by atoms with Crippen LogP contribution in [0.3, 0.4) is 0 Å². The van der Waals surface area contributed by atoms with E-state index in [1.54, 1.807) is 24.3 Å². The van der Waals surface area contributed by atoms with Gasteiger partial charge in [0, 0.05) is 12.2 Å². The SMILES string of the molecule is CCN(CC)Cc1cccc(NC(=O)Cn2nnc3ccccc3c2=O)c1. The molecule has 2 aromatic carbocycles. The topological polar surface area (TPSA) is 80.1 Å². The van der Waals surface area contributed by atoms with Crippen LogP contribution >= 0.6 is 0 Å². The highest BCUT2D eigenvalue weighted by Crippen LogP contribution is 2.13. The van der Waals surface area contributed by atoms with Gasteiger partial charge in [0.1, 0.15) is 12.1 Å². The molecule has 7 heteroatoms. The molecule has 1 aromatic heterocycles. The Morgan fingerprint density at radius 3 is 2.67 bits per heavy atom. The molecule has 0 atom stereocenters. The average Bonchev–Trinajstić information content (AvgIpc) is 2.69. The molecule has 7 nitrogen and oxygen atoms in total. The number of carbonyl (C=O) groups is 1. The van der Waals surface area contributed by atoms with Gasteiger partial charge in [-0.25, -0.2) is 4.68 Å². The monoisotopic (exact) mass is 365 g/mol. The fourth-order valence-electron chi connectivity index (χ4n) is 2.92. The van der Waals surface area contributed by atoms with Crippen LogP contribution in [0, 0.1) is 0 Å². The lowest BCUT2D eigenvalue weighted by Crippen LogP contribution is -2.30. The van der Waals surface area contributed by atoms with Gasteiger partial charge in [-0.3, -0.25) is 14.5 Å². The maximum absolute atomic E-state index is 12.4. The number of anilines is 1. The molecule has 0 unspecified atom stereocenters. The van der Waals surface area contributed by atoms with Crippen molar-refractivity contribution in [2.24, 2.45) is 0 Å². The number of rotatable bonds is 7. The Morgan fingerprint density at radius 2 is 1.89 bits per heavy atom. The molecule has 140 valence electrons. The van der Waals surface area contributed by atoms with E-state index in [9.17, 15) is 9.59 Å². The summed E-state index contributed by atoms with van der Waals surface area (Å²) in [6.45, 7) is 6.82. The number of amides is 1. The lowest BCUT2D eigenvalue weighted by atomic mass is 10.2. The number of nitrogens with one attached hydrogen (secondary N) is 1. The van der Waals surface area contributed by atoms with Crippen molar-refractivity contribution >= 4 is 22.5 Å². The molecule has 0 saturated heterocycles. The zero-order valence-electron chi connectivity index (χ0n) is 15.6. The standard InChI is InChI=1S/C20H23N5O2/c1-3-24(4-2)13-15-8-7-9-16(12-15)21-19(26)14-25-20(27)17-10-5-6-11-18(17)22-23-25/h5-12H,3-4,13-14H2,1-2H3,(H,21,26). The van der Waals surface area contributed by atoms with E-state index in [1.165, 1.54) is 0 Å². The molecule has 1 heterocycles. The van der Waals surface area contributed by atoms with E-state index in [2.05, 4.69) is 34.4 Å². The largest absolute Gasteiger partial charge is 0.324 e. The number of aromatic nitrogens is 3. The summed E-state index contributed by atoms with van der Waals surface area (Å²) in [6.07, 6.45) is 0. The number of benzene rings is 2. The van der Waals surface area contributed by atoms with E-state index in [-0.39, 0.29) is 18.0 Å². The average molecular weight is 365 g/mol. The lowest BCUT2D eigenvalue weighted by Gasteiger charge is -2.18. The molecule has 0 aliphatic rings. The predicted molar refractivity (Wildman–Crippen MR) is 105 cm³/mol. The van der Waals surface area contributed by atoms with Crippen molar-refractivity contribution in [3.05, 3.63) is 64.4 Å². The molecule has 0 fully saturated rings. The van der Waals surface area contributed by atoms with Gasteiger partial charge in [0.05, 0.1) is 5.39 Å². The Hall–Kier alpha value is -3.06. The van der Waals surface area contributed by atoms with Gasteiger partial charge in [-0.2, -0.15) is 0 Å². The number of carbonyl (C=O) groups excluding carboxylic acids is 1. The van der Waals surface area contributed by atoms with Crippen molar-refractivity contribution in [2.45, 2.75) is 26.9 Å². The Bertz CT molecular complexity index is 995. The minimum Gasteiger partial charge on any atom is -0.324 e. The second-order valence-electron chi connectivity index (χ2n) is 6.28. The summed E-state index contributed by atoms with van der Waals surface area (Å²) < 4.78 is 1.08. The van der Waals surface area contributed by atoms with Gasteiger partial charge in [0.2, 0.25) is 5.91 Å². The van der Waals surface area contributed by atoms with Gasteiger partial charge in [-0.1, -0.05) is 43.3 Å². The zero-order chi connectivity index (χ0) is 19.2. The van der Waals surface area contributed by atoms with Crippen LogP contribution in [0.5, 0.6) is 0 Å². The smallest absolute Gasteiger partial charge is 0.278 e. The molecule has 27 heavy (non-hydrogen) atoms. The molecule has 1 amide bonds. The first kappa shape index (κ1) is 18.7. The Morgan fingerprint density at radius 1 is 1.11 bits per heavy atom. The molecule has 0 aliphatic heterocycles. The minimum absolute atomic E-state index is 0.184. The second kappa shape index (κ2) is 8.55. The van der Waals surface area contributed by atoms with Gasteiger partial charge in [0.25, 0.3) is 5.56 Å². The second-order valence-corrected chi connectivity index (χ2v) is 6.28. The summed E-state index contributed by atoms with van der Waals surface area (Å²) in [7, 11) is 0. The number of nitrogens with zero attached hydrogens (tertiary/aromatic N) is 4. The highest BCUT2D eigenvalue weighted by atomic mass is 16.2. The molecule has 0 saturated carbocycles. The summed E-state index contributed by atoms with van der Waals surface area (Å²) in [5, 5.41) is 11.1. The third-order valence-electron chi connectivity index (χ3n) is 4.43. The van der Waals surface area contributed by atoms with E-state index in [1.807, 2.05) is 24.3 Å². The Kier molecular flexibility index (Phi) is 5.93. The van der Waals surface area contributed by atoms with Gasteiger partial charge in [-0.05, 0) is 42.9 Å². The van der Waals surface area contributed by atoms with Crippen LogP contribution in [0.4, 0.5) is 5.69 Å². The lowest BCUT2D eigenvalue weighted by molar-refractivity contribution is -0.117. The van der Waals surface area contributed by atoms with Crippen LogP contribution in [0.15, 0.2) is 53.3 Å². The van der Waals surface area contributed by atoms with Crippen molar-refractivity contribution in [3.63, 3.8) is 0 Å². The fourth-order valence-corrected chi connectivity index (χ4v) is 2.92. The summed E-state index contributed by atoms with van der Waals surface area (Å²) in [5.74, 6) is -0.318. The van der Waals surface area contributed by atoms with Crippen LogP contribution in [0.1, 0.15) is 19.4 Å². The van der Waals surface area contributed by atoms with E-state index in [0.29, 0.717) is 16.6 Å². The summed E-state index contributed by atoms with van der Waals surface area (Å²) >= 11 is 0. The third kappa shape index (κ3) is 4.57. The van der Waals surface area contributed by atoms with E-state index < -0.39 is 0 Å². The van der Waals surface area contributed by atoms with E-state index >= 15 is 0 Å². The van der Waals surface area contributed by atoms with Crippen LogP contribution in [-0.2, 0) is 17.9 Å². The number of hydrogen-bond donors (Lipinski definition) is 1. The maximum Gasteiger partial charge on any atom is 0.278 e. The molecule has 0 bridgehead atoms. The number of fused-ring (bicyclic) bond motifs is 1. The van der Waals surface area contributed by atoms with E-state index in [4.69, 9.17) is 0 Å². The molecular formula is C20H23N5O2. The normalized spacial score (nSPS) is 11.1. The predicted octanol–water partition coefficient (Wildman–Crippen LogP) is 2.27. The minimum atomic E-state index is -0.328. The molecule has 0 spiro atoms. The van der Waals surface area contributed by atoms with Gasteiger partial charge >= 0.3 is 0 Å². The first-order chi connectivity index (χ1) is 13.1. The highest BCUT2D eigenvalue weighted by molar-refractivity contribution is 5.90.